The van der Waals surface area contributed by atoms with Crippen molar-refractivity contribution in [2.24, 2.45) is 0 Å². The molecule has 1 aromatic carbocycles. The number of phenols is 1. The van der Waals surface area contributed by atoms with E-state index < -0.39 is 4.92 Å². The average molecular weight is 246 g/mol. The van der Waals surface area contributed by atoms with Crippen molar-refractivity contribution >= 4 is 5.82 Å². The quantitative estimate of drug-likeness (QED) is 0.664. The number of hydrogen-bond donors (Lipinski definition) is 1. The van der Waals surface area contributed by atoms with Crippen LogP contribution in [0.5, 0.6) is 17.2 Å². The zero-order valence-corrected chi connectivity index (χ0v) is 9.53. The van der Waals surface area contributed by atoms with Gasteiger partial charge in [-0.15, -0.1) is 0 Å². The summed E-state index contributed by atoms with van der Waals surface area (Å²) in [5.41, 5.74) is 0.593. The van der Waals surface area contributed by atoms with Crippen molar-refractivity contribution in [1.29, 1.82) is 0 Å². The molecule has 0 aliphatic heterocycles. The van der Waals surface area contributed by atoms with Gasteiger partial charge >= 0.3 is 5.82 Å². The fraction of sp³-hybridized carbons (Fsp3) is 0.0833. The molecule has 18 heavy (non-hydrogen) atoms. The molecule has 0 aliphatic rings. The smallest absolute Gasteiger partial charge is 0.363 e. The molecule has 0 bridgehead atoms. The second kappa shape index (κ2) is 4.70. The van der Waals surface area contributed by atoms with Crippen molar-refractivity contribution in [2.75, 3.05) is 0 Å². The Morgan fingerprint density at radius 3 is 2.72 bits per heavy atom. The van der Waals surface area contributed by atoms with Crippen molar-refractivity contribution in [2.45, 2.75) is 6.92 Å². The number of ether oxygens (including phenoxy) is 1. The molecule has 2 rings (SSSR count). The molecule has 0 atom stereocenters. The Kier molecular flexibility index (Phi) is 3.09. The van der Waals surface area contributed by atoms with Crippen LogP contribution in [0.3, 0.4) is 0 Å². The van der Waals surface area contributed by atoms with Crippen LogP contribution in [0.1, 0.15) is 5.56 Å². The minimum absolute atomic E-state index is 0.127. The standard InChI is InChI=1S/C12H10N2O4/c1-8-10(15)3-2-4-11(8)18-9-5-6-12(13-7-9)14(16)17/h2-7,15H,1H3. The van der Waals surface area contributed by atoms with Gasteiger partial charge in [-0.2, -0.15) is 0 Å². The van der Waals surface area contributed by atoms with Crippen LogP contribution in [0, 0.1) is 17.0 Å². The van der Waals surface area contributed by atoms with Crippen molar-refractivity contribution in [1.82, 2.24) is 4.98 Å². The van der Waals surface area contributed by atoms with Crippen molar-refractivity contribution in [3.8, 4) is 17.2 Å². The van der Waals surface area contributed by atoms with Crippen LogP contribution in [0.15, 0.2) is 36.5 Å². The van der Waals surface area contributed by atoms with E-state index >= 15 is 0 Å². The maximum absolute atomic E-state index is 10.4. The van der Waals surface area contributed by atoms with Crippen LogP contribution >= 0.6 is 0 Å². The molecule has 0 saturated heterocycles. The maximum Gasteiger partial charge on any atom is 0.363 e. The third-order valence-electron chi connectivity index (χ3n) is 2.39. The van der Waals surface area contributed by atoms with Gasteiger partial charge in [0.2, 0.25) is 0 Å². The Hall–Kier alpha value is -2.63. The lowest BCUT2D eigenvalue weighted by Crippen LogP contribution is -1.93. The summed E-state index contributed by atoms with van der Waals surface area (Å²) < 4.78 is 5.48. The van der Waals surface area contributed by atoms with Gasteiger partial charge in [0.1, 0.15) is 11.5 Å². The van der Waals surface area contributed by atoms with Crippen LogP contribution in [0.25, 0.3) is 0 Å². The molecule has 6 heteroatoms. The summed E-state index contributed by atoms with van der Waals surface area (Å²) in [6, 6.07) is 7.60. The number of nitro groups is 1. The zero-order valence-electron chi connectivity index (χ0n) is 9.53. The highest BCUT2D eigenvalue weighted by Crippen LogP contribution is 2.30. The average Bonchev–Trinajstić information content (AvgIpc) is 2.36. The normalized spacial score (nSPS) is 10.1. The number of phenolic OH excluding ortho intramolecular Hbond substituents is 1. The van der Waals surface area contributed by atoms with Gasteiger partial charge in [0.05, 0.1) is 0 Å². The molecule has 0 spiro atoms. The molecule has 0 fully saturated rings. The van der Waals surface area contributed by atoms with Gasteiger partial charge in [0.25, 0.3) is 0 Å². The first-order chi connectivity index (χ1) is 8.58. The van der Waals surface area contributed by atoms with Crippen molar-refractivity contribution in [3.05, 3.63) is 52.2 Å². The number of nitrogens with zero attached hydrogens (tertiary/aromatic N) is 2. The topological polar surface area (TPSA) is 85.5 Å². The first-order valence-corrected chi connectivity index (χ1v) is 5.15. The number of aromatic nitrogens is 1. The predicted molar refractivity (Wildman–Crippen MR) is 63.8 cm³/mol. The zero-order chi connectivity index (χ0) is 13.1. The monoisotopic (exact) mass is 246 g/mol. The molecule has 1 N–H and O–H groups in total. The minimum Gasteiger partial charge on any atom is -0.508 e. The Morgan fingerprint density at radius 2 is 2.11 bits per heavy atom. The summed E-state index contributed by atoms with van der Waals surface area (Å²) >= 11 is 0. The van der Waals surface area contributed by atoms with Crippen LogP contribution < -0.4 is 4.74 Å². The molecule has 2 aromatic rings. The minimum atomic E-state index is -0.580. The van der Waals surface area contributed by atoms with Gasteiger partial charge in [-0.1, -0.05) is 6.07 Å². The molecule has 6 nitrogen and oxygen atoms in total. The number of hydrogen-bond acceptors (Lipinski definition) is 5. The van der Waals surface area contributed by atoms with E-state index in [2.05, 4.69) is 4.98 Å². The Morgan fingerprint density at radius 1 is 1.33 bits per heavy atom. The van der Waals surface area contributed by atoms with Gasteiger partial charge in [0, 0.05) is 11.6 Å². The SMILES string of the molecule is Cc1c(O)cccc1Oc1ccc([N+](=O)[O-])nc1. The highest BCUT2D eigenvalue weighted by atomic mass is 16.6. The molecule has 0 radical (unpaired) electrons. The Bertz CT molecular complexity index is 581. The van der Waals surface area contributed by atoms with Crippen LogP contribution in [0.4, 0.5) is 5.82 Å². The molecule has 0 amide bonds. The first-order valence-electron chi connectivity index (χ1n) is 5.15. The maximum atomic E-state index is 10.4. The fourth-order valence-corrected chi connectivity index (χ4v) is 1.38. The van der Waals surface area contributed by atoms with Gasteiger partial charge in [-0.05, 0) is 35.0 Å². The number of benzene rings is 1. The van der Waals surface area contributed by atoms with E-state index in [1.807, 2.05) is 0 Å². The Labute approximate surface area is 103 Å². The van der Waals surface area contributed by atoms with Gasteiger partial charge in [0.15, 0.2) is 11.9 Å². The molecule has 0 unspecified atom stereocenters. The van der Waals surface area contributed by atoms with E-state index in [9.17, 15) is 15.2 Å². The van der Waals surface area contributed by atoms with Crippen molar-refractivity contribution in [3.63, 3.8) is 0 Å². The van der Waals surface area contributed by atoms with E-state index in [0.717, 1.165) is 0 Å². The highest BCUT2D eigenvalue weighted by molar-refractivity contribution is 5.44. The van der Waals surface area contributed by atoms with E-state index in [-0.39, 0.29) is 11.6 Å². The van der Waals surface area contributed by atoms with E-state index in [4.69, 9.17) is 4.74 Å². The van der Waals surface area contributed by atoms with Crippen LogP contribution in [-0.2, 0) is 0 Å². The van der Waals surface area contributed by atoms with Crippen LogP contribution in [0.2, 0.25) is 0 Å². The third kappa shape index (κ3) is 2.37. The lowest BCUT2D eigenvalue weighted by atomic mass is 10.2. The summed E-state index contributed by atoms with van der Waals surface area (Å²) in [5, 5.41) is 19.9. The van der Waals surface area contributed by atoms with E-state index in [0.29, 0.717) is 17.1 Å². The summed E-state index contributed by atoms with van der Waals surface area (Å²) in [6.45, 7) is 1.71. The number of pyridine rings is 1. The lowest BCUT2D eigenvalue weighted by molar-refractivity contribution is -0.389. The largest absolute Gasteiger partial charge is 0.508 e. The molecule has 1 aromatic heterocycles. The molecule has 0 saturated carbocycles. The van der Waals surface area contributed by atoms with E-state index in [1.165, 1.54) is 18.3 Å². The Balaban J connectivity index is 2.24. The summed E-state index contributed by atoms with van der Waals surface area (Å²) in [7, 11) is 0. The molecule has 92 valence electrons. The summed E-state index contributed by atoms with van der Waals surface area (Å²) in [6.07, 6.45) is 1.27. The van der Waals surface area contributed by atoms with Gasteiger partial charge < -0.3 is 20.0 Å². The fourth-order valence-electron chi connectivity index (χ4n) is 1.38. The number of aromatic hydroxyl groups is 1. The summed E-state index contributed by atoms with van der Waals surface area (Å²) in [5.74, 6) is 0.734. The van der Waals surface area contributed by atoms with Crippen molar-refractivity contribution < 1.29 is 14.8 Å². The summed E-state index contributed by atoms with van der Waals surface area (Å²) in [4.78, 5) is 13.5. The molecule has 0 aliphatic carbocycles. The molecule has 1 heterocycles. The predicted octanol–water partition coefficient (Wildman–Crippen LogP) is 2.80. The lowest BCUT2D eigenvalue weighted by Gasteiger charge is -2.08. The third-order valence-corrected chi connectivity index (χ3v) is 2.39. The first kappa shape index (κ1) is 11.8. The highest BCUT2D eigenvalue weighted by Gasteiger charge is 2.09. The van der Waals surface area contributed by atoms with Gasteiger partial charge in [-0.25, -0.2) is 0 Å². The van der Waals surface area contributed by atoms with Gasteiger partial charge in [-0.3, -0.25) is 0 Å². The number of rotatable bonds is 3. The van der Waals surface area contributed by atoms with Crippen LogP contribution in [-0.4, -0.2) is 15.0 Å². The molecular formula is C12H10N2O4. The van der Waals surface area contributed by atoms with E-state index in [1.54, 1.807) is 25.1 Å². The molecular weight excluding hydrogens is 236 g/mol. The second-order valence-corrected chi connectivity index (χ2v) is 3.61. The second-order valence-electron chi connectivity index (χ2n) is 3.61.